The molecular weight excluding hydrogens is 252 g/mol. The Balaban J connectivity index is 2.22. The molecule has 0 aliphatic carbocycles. The third kappa shape index (κ3) is 2.91. The van der Waals surface area contributed by atoms with Crippen molar-refractivity contribution in [3.63, 3.8) is 0 Å². The Morgan fingerprint density at radius 2 is 2.11 bits per heavy atom. The molecule has 18 heavy (non-hydrogen) atoms. The van der Waals surface area contributed by atoms with Crippen LogP contribution in [0.1, 0.15) is 18.2 Å². The van der Waals surface area contributed by atoms with E-state index >= 15 is 0 Å². The summed E-state index contributed by atoms with van der Waals surface area (Å²) in [5.41, 5.74) is 11.7. The van der Waals surface area contributed by atoms with Crippen molar-refractivity contribution in [3.05, 3.63) is 47.2 Å². The van der Waals surface area contributed by atoms with Gasteiger partial charge in [-0.2, -0.15) is 0 Å². The lowest BCUT2D eigenvalue weighted by molar-refractivity contribution is -0.118. The van der Waals surface area contributed by atoms with Crippen molar-refractivity contribution in [2.24, 2.45) is 11.5 Å². The zero-order valence-corrected chi connectivity index (χ0v) is 10.4. The zero-order chi connectivity index (χ0) is 13.1. The van der Waals surface area contributed by atoms with Crippen LogP contribution in [0.2, 0.25) is 5.02 Å². The van der Waals surface area contributed by atoms with E-state index in [-0.39, 0.29) is 6.42 Å². The molecule has 4 N–H and O–H groups in total. The van der Waals surface area contributed by atoms with Crippen molar-refractivity contribution in [2.45, 2.75) is 12.5 Å². The van der Waals surface area contributed by atoms with Gasteiger partial charge >= 0.3 is 0 Å². The van der Waals surface area contributed by atoms with E-state index in [4.69, 9.17) is 27.5 Å². The van der Waals surface area contributed by atoms with Gasteiger partial charge in [0.25, 0.3) is 0 Å². The maximum Gasteiger partial charge on any atom is 0.219 e. The number of rotatable bonds is 4. The van der Waals surface area contributed by atoms with Crippen LogP contribution in [0.4, 0.5) is 0 Å². The van der Waals surface area contributed by atoms with E-state index in [9.17, 15) is 4.79 Å². The number of benzene rings is 1. The van der Waals surface area contributed by atoms with Crippen molar-refractivity contribution >= 4 is 17.5 Å². The minimum absolute atomic E-state index is 0.0580. The molecule has 0 aliphatic heterocycles. The molecule has 1 unspecified atom stereocenters. The predicted molar refractivity (Wildman–Crippen MR) is 69.9 cm³/mol. The monoisotopic (exact) mass is 264 g/mol. The molecule has 0 saturated heterocycles. The summed E-state index contributed by atoms with van der Waals surface area (Å²) in [7, 11) is 0. The number of halogens is 1. The smallest absolute Gasteiger partial charge is 0.219 e. The molecule has 1 atom stereocenters. The van der Waals surface area contributed by atoms with Gasteiger partial charge in [-0.25, -0.2) is 0 Å². The third-order valence-corrected chi connectivity index (χ3v) is 2.76. The maximum absolute atomic E-state index is 10.8. The SMILES string of the molecule is NC(=O)CC(N)c1ccc(-c2cccc(Cl)c2)o1. The van der Waals surface area contributed by atoms with Crippen molar-refractivity contribution in [1.82, 2.24) is 0 Å². The molecule has 1 aromatic heterocycles. The zero-order valence-electron chi connectivity index (χ0n) is 9.60. The van der Waals surface area contributed by atoms with E-state index in [0.29, 0.717) is 16.5 Å². The molecule has 0 fully saturated rings. The minimum atomic E-state index is -0.518. The van der Waals surface area contributed by atoms with Crippen molar-refractivity contribution in [3.8, 4) is 11.3 Å². The van der Waals surface area contributed by atoms with E-state index < -0.39 is 11.9 Å². The van der Waals surface area contributed by atoms with E-state index in [0.717, 1.165) is 5.56 Å². The van der Waals surface area contributed by atoms with E-state index in [1.54, 1.807) is 24.3 Å². The topological polar surface area (TPSA) is 82.2 Å². The molecule has 2 aromatic rings. The van der Waals surface area contributed by atoms with Gasteiger partial charge in [0.15, 0.2) is 0 Å². The summed E-state index contributed by atoms with van der Waals surface area (Å²) in [6.45, 7) is 0. The van der Waals surface area contributed by atoms with Gasteiger partial charge in [-0.05, 0) is 24.3 Å². The highest BCUT2D eigenvalue weighted by Gasteiger charge is 2.14. The van der Waals surface area contributed by atoms with Gasteiger partial charge in [0.05, 0.1) is 6.04 Å². The van der Waals surface area contributed by atoms with E-state index in [1.165, 1.54) is 0 Å². The Bertz CT molecular complexity index is 566. The van der Waals surface area contributed by atoms with E-state index in [1.807, 2.05) is 12.1 Å². The first-order valence-corrected chi connectivity index (χ1v) is 5.83. The Labute approximate surface area is 110 Å². The predicted octanol–water partition coefficient (Wildman–Crippen LogP) is 2.48. The Kier molecular flexibility index (Phi) is 3.69. The van der Waals surface area contributed by atoms with Crippen LogP contribution < -0.4 is 11.5 Å². The molecule has 0 spiro atoms. The summed E-state index contributed by atoms with van der Waals surface area (Å²) < 4.78 is 5.60. The first-order valence-electron chi connectivity index (χ1n) is 5.46. The highest BCUT2D eigenvalue weighted by Crippen LogP contribution is 2.27. The Morgan fingerprint density at radius 3 is 2.78 bits per heavy atom. The van der Waals surface area contributed by atoms with Gasteiger partial charge in [-0.15, -0.1) is 0 Å². The highest BCUT2D eigenvalue weighted by molar-refractivity contribution is 6.30. The van der Waals surface area contributed by atoms with Gasteiger partial charge in [0.1, 0.15) is 11.5 Å². The fraction of sp³-hybridized carbons (Fsp3) is 0.154. The standard InChI is InChI=1S/C13H13ClN2O2/c14-9-3-1-2-8(6-9)11-4-5-12(18-11)10(15)7-13(16)17/h1-6,10H,7,15H2,(H2,16,17). The summed E-state index contributed by atoms with van der Waals surface area (Å²) in [5, 5.41) is 0.631. The molecule has 1 aromatic carbocycles. The normalized spacial score (nSPS) is 12.3. The maximum atomic E-state index is 10.8. The molecule has 0 aliphatic rings. The average Bonchev–Trinajstić information content (AvgIpc) is 2.77. The summed E-state index contributed by atoms with van der Waals surface area (Å²) in [4.78, 5) is 10.8. The van der Waals surface area contributed by atoms with Crippen molar-refractivity contribution in [1.29, 1.82) is 0 Å². The summed E-state index contributed by atoms with van der Waals surface area (Å²) in [6.07, 6.45) is 0.0580. The Morgan fingerprint density at radius 1 is 1.33 bits per heavy atom. The van der Waals surface area contributed by atoms with Crippen LogP contribution in [-0.2, 0) is 4.79 Å². The van der Waals surface area contributed by atoms with Gasteiger partial charge in [-0.1, -0.05) is 23.7 Å². The van der Waals surface area contributed by atoms with Gasteiger partial charge in [-0.3, -0.25) is 4.79 Å². The van der Waals surface area contributed by atoms with Crippen LogP contribution >= 0.6 is 11.6 Å². The molecule has 5 heteroatoms. The number of amides is 1. The molecule has 1 amide bonds. The molecule has 0 bridgehead atoms. The van der Waals surface area contributed by atoms with Crippen LogP contribution in [0.25, 0.3) is 11.3 Å². The van der Waals surface area contributed by atoms with E-state index in [2.05, 4.69) is 0 Å². The number of hydrogen-bond donors (Lipinski definition) is 2. The molecule has 1 heterocycles. The van der Waals surface area contributed by atoms with Crippen LogP contribution in [0.15, 0.2) is 40.8 Å². The lowest BCUT2D eigenvalue weighted by Gasteiger charge is -2.05. The quantitative estimate of drug-likeness (QED) is 0.890. The number of nitrogens with two attached hydrogens (primary N) is 2. The number of hydrogen-bond acceptors (Lipinski definition) is 3. The third-order valence-electron chi connectivity index (χ3n) is 2.52. The first-order chi connectivity index (χ1) is 8.56. The fourth-order valence-electron chi connectivity index (χ4n) is 1.67. The van der Waals surface area contributed by atoms with Crippen LogP contribution in [-0.4, -0.2) is 5.91 Å². The van der Waals surface area contributed by atoms with Gasteiger partial charge < -0.3 is 15.9 Å². The molecule has 94 valence electrons. The second-order valence-corrected chi connectivity index (χ2v) is 4.43. The van der Waals surface area contributed by atoms with Crippen molar-refractivity contribution < 1.29 is 9.21 Å². The second-order valence-electron chi connectivity index (χ2n) is 3.99. The molecule has 0 radical (unpaired) electrons. The summed E-state index contributed by atoms with van der Waals surface area (Å²) >= 11 is 5.91. The summed E-state index contributed by atoms with van der Waals surface area (Å²) in [6, 6.07) is 10.3. The molecule has 4 nitrogen and oxygen atoms in total. The van der Waals surface area contributed by atoms with Crippen molar-refractivity contribution in [2.75, 3.05) is 0 Å². The van der Waals surface area contributed by atoms with Crippen LogP contribution in [0.5, 0.6) is 0 Å². The van der Waals surface area contributed by atoms with Gasteiger partial charge in [0.2, 0.25) is 5.91 Å². The number of carbonyl (C=O) groups excluding carboxylic acids is 1. The minimum Gasteiger partial charge on any atom is -0.459 e. The van der Waals surface area contributed by atoms with Gasteiger partial charge in [0, 0.05) is 17.0 Å². The Hall–Kier alpha value is -1.78. The summed E-state index contributed by atoms with van der Waals surface area (Å²) in [5.74, 6) is 0.736. The second kappa shape index (κ2) is 5.25. The first kappa shape index (κ1) is 12.7. The highest BCUT2D eigenvalue weighted by atomic mass is 35.5. The largest absolute Gasteiger partial charge is 0.459 e. The molecule has 0 saturated carbocycles. The number of carbonyl (C=O) groups is 1. The average molecular weight is 265 g/mol. The number of primary amides is 1. The fourth-order valence-corrected chi connectivity index (χ4v) is 1.86. The van der Waals surface area contributed by atoms with Crippen LogP contribution in [0.3, 0.4) is 0 Å². The van der Waals surface area contributed by atoms with Crippen LogP contribution in [0, 0.1) is 0 Å². The molecule has 2 rings (SSSR count). The molecular formula is C13H13ClN2O2. The lowest BCUT2D eigenvalue weighted by Crippen LogP contribution is -2.20. The lowest BCUT2D eigenvalue weighted by atomic mass is 10.1. The number of furan rings is 1.